The molecule has 7 heteroatoms. The molecule has 0 atom stereocenters. The van der Waals surface area contributed by atoms with Crippen LogP contribution in [0.4, 0.5) is 0 Å². The minimum Gasteiger partial charge on any atom is -0.263 e. The van der Waals surface area contributed by atoms with E-state index in [-0.39, 0.29) is 16.5 Å². The fourth-order valence-corrected chi connectivity index (χ4v) is 2.87. The van der Waals surface area contributed by atoms with Gasteiger partial charge in [-0.25, -0.2) is 13.1 Å². The fraction of sp³-hybridized carbons (Fsp3) is 0.167. The van der Waals surface area contributed by atoms with Crippen molar-refractivity contribution in [2.45, 2.75) is 18.4 Å². The second-order valence-electron chi connectivity index (χ2n) is 3.94. The minimum atomic E-state index is -3.67. The Kier molecular flexibility index (Phi) is 4.14. The largest absolute Gasteiger partial charge is 0.263 e. The maximum atomic E-state index is 12.0. The molecule has 0 spiro atoms. The Hall–Kier alpha value is -1.50. The van der Waals surface area contributed by atoms with E-state index in [0.717, 1.165) is 11.3 Å². The lowest BCUT2D eigenvalue weighted by Gasteiger charge is -2.07. The molecule has 5 nitrogen and oxygen atoms in total. The third-order valence-corrected chi connectivity index (χ3v) is 4.33. The number of halogens is 1. The van der Waals surface area contributed by atoms with Gasteiger partial charge in [-0.15, -0.1) is 0 Å². The van der Waals surface area contributed by atoms with Gasteiger partial charge in [-0.3, -0.25) is 9.97 Å². The third kappa shape index (κ3) is 3.50. The molecule has 2 rings (SSSR count). The number of nitrogens with one attached hydrogen (secondary N) is 1. The molecule has 2 aromatic heterocycles. The predicted molar refractivity (Wildman–Crippen MR) is 72.2 cm³/mol. The molecule has 0 aliphatic heterocycles. The Morgan fingerprint density at radius 3 is 2.68 bits per heavy atom. The van der Waals surface area contributed by atoms with Crippen LogP contribution in [0.15, 0.2) is 41.7 Å². The van der Waals surface area contributed by atoms with E-state index in [1.807, 2.05) is 19.1 Å². The summed E-state index contributed by atoms with van der Waals surface area (Å²) in [5.41, 5.74) is 1.65. The quantitative estimate of drug-likeness (QED) is 0.936. The lowest BCUT2D eigenvalue weighted by atomic mass is 10.2. The number of hydrogen-bond acceptors (Lipinski definition) is 4. The van der Waals surface area contributed by atoms with Gasteiger partial charge in [0.25, 0.3) is 0 Å². The van der Waals surface area contributed by atoms with Crippen LogP contribution in [-0.2, 0) is 16.6 Å². The van der Waals surface area contributed by atoms with E-state index < -0.39 is 10.0 Å². The molecule has 0 amide bonds. The fourth-order valence-electron chi connectivity index (χ4n) is 1.42. The minimum absolute atomic E-state index is 0.0308. The van der Waals surface area contributed by atoms with E-state index in [9.17, 15) is 8.42 Å². The molecule has 0 saturated heterocycles. The van der Waals surface area contributed by atoms with Crippen LogP contribution in [0.3, 0.4) is 0 Å². The van der Waals surface area contributed by atoms with Gasteiger partial charge in [0, 0.05) is 30.8 Å². The number of pyridine rings is 2. The van der Waals surface area contributed by atoms with Gasteiger partial charge in [-0.1, -0.05) is 17.7 Å². The van der Waals surface area contributed by atoms with Gasteiger partial charge < -0.3 is 0 Å². The average molecular weight is 298 g/mol. The Morgan fingerprint density at radius 1 is 1.26 bits per heavy atom. The molecule has 0 fully saturated rings. The monoisotopic (exact) mass is 297 g/mol. The van der Waals surface area contributed by atoms with Crippen LogP contribution in [0.25, 0.3) is 0 Å². The van der Waals surface area contributed by atoms with E-state index in [0.29, 0.717) is 0 Å². The van der Waals surface area contributed by atoms with Gasteiger partial charge in [0.1, 0.15) is 4.90 Å². The van der Waals surface area contributed by atoms with Crippen LogP contribution in [0.5, 0.6) is 0 Å². The molecule has 0 bridgehead atoms. The van der Waals surface area contributed by atoms with Gasteiger partial charge >= 0.3 is 0 Å². The lowest BCUT2D eigenvalue weighted by molar-refractivity contribution is 0.581. The van der Waals surface area contributed by atoms with E-state index in [4.69, 9.17) is 11.6 Å². The zero-order chi connectivity index (χ0) is 13.9. The van der Waals surface area contributed by atoms with Crippen molar-refractivity contribution in [2.24, 2.45) is 0 Å². The summed E-state index contributed by atoms with van der Waals surface area (Å²) in [6.45, 7) is 2.02. The van der Waals surface area contributed by atoms with Crippen molar-refractivity contribution >= 4 is 21.6 Å². The first kappa shape index (κ1) is 13.9. The molecule has 2 heterocycles. The van der Waals surface area contributed by atoms with Crippen molar-refractivity contribution in [3.8, 4) is 0 Å². The van der Waals surface area contributed by atoms with Gasteiger partial charge in [0.05, 0.1) is 5.02 Å². The van der Waals surface area contributed by atoms with E-state index in [1.165, 1.54) is 18.5 Å². The van der Waals surface area contributed by atoms with Crippen molar-refractivity contribution in [1.82, 2.24) is 14.7 Å². The van der Waals surface area contributed by atoms with Crippen molar-refractivity contribution < 1.29 is 8.42 Å². The molecule has 2 aromatic rings. The smallest absolute Gasteiger partial charge is 0.243 e. The first-order valence-electron chi connectivity index (χ1n) is 5.50. The first-order valence-corrected chi connectivity index (χ1v) is 7.36. The van der Waals surface area contributed by atoms with Crippen LogP contribution in [0.2, 0.25) is 5.02 Å². The number of nitrogens with zero attached hydrogens (tertiary/aromatic N) is 2. The summed E-state index contributed by atoms with van der Waals surface area (Å²) in [5, 5.41) is 0.143. The maximum Gasteiger partial charge on any atom is 0.243 e. The van der Waals surface area contributed by atoms with Crippen molar-refractivity contribution in [3.63, 3.8) is 0 Å². The summed E-state index contributed by atoms with van der Waals surface area (Å²) in [6.07, 6.45) is 4.28. The number of sulfonamides is 1. The molecule has 19 heavy (non-hydrogen) atoms. The van der Waals surface area contributed by atoms with Gasteiger partial charge in [0.2, 0.25) is 10.0 Å². The highest BCUT2D eigenvalue weighted by Gasteiger charge is 2.17. The van der Waals surface area contributed by atoms with Gasteiger partial charge in [-0.2, -0.15) is 0 Å². The van der Waals surface area contributed by atoms with Crippen LogP contribution < -0.4 is 4.72 Å². The molecular weight excluding hydrogens is 286 g/mol. The highest BCUT2D eigenvalue weighted by Crippen LogP contribution is 2.19. The normalized spacial score (nSPS) is 11.5. The number of hydrogen-bond donors (Lipinski definition) is 1. The van der Waals surface area contributed by atoms with Crippen LogP contribution in [0, 0.1) is 6.92 Å². The zero-order valence-electron chi connectivity index (χ0n) is 10.2. The zero-order valence-corrected chi connectivity index (χ0v) is 11.7. The molecular formula is C12H12ClN3O2S. The molecule has 0 aromatic carbocycles. The summed E-state index contributed by atoms with van der Waals surface area (Å²) in [5.74, 6) is 0. The van der Waals surface area contributed by atoms with Crippen molar-refractivity contribution in [1.29, 1.82) is 0 Å². The second kappa shape index (κ2) is 5.64. The van der Waals surface area contributed by atoms with Crippen LogP contribution in [0.1, 0.15) is 11.3 Å². The van der Waals surface area contributed by atoms with Crippen molar-refractivity contribution in [3.05, 3.63) is 53.1 Å². The number of rotatable bonds is 4. The molecule has 1 N–H and O–H groups in total. The lowest BCUT2D eigenvalue weighted by Crippen LogP contribution is -2.23. The third-order valence-electron chi connectivity index (χ3n) is 2.46. The van der Waals surface area contributed by atoms with E-state index in [1.54, 1.807) is 6.20 Å². The standard InChI is InChI=1S/C12H12ClN3O2S/c1-9-2-3-10(6-15-9)7-16-19(17,18)12-8-14-5-4-11(12)13/h2-6,8,16H,7H2,1H3. The SMILES string of the molecule is Cc1ccc(CNS(=O)(=O)c2cnccc2Cl)cn1. The molecule has 0 aliphatic carbocycles. The van der Waals surface area contributed by atoms with Gasteiger partial charge in [0.15, 0.2) is 0 Å². The number of aromatic nitrogens is 2. The summed E-state index contributed by atoms with van der Waals surface area (Å²) < 4.78 is 26.5. The molecule has 100 valence electrons. The highest BCUT2D eigenvalue weighted by molar-refractivity contribution is 7.89. The predicted octanol–water partition coefficient (Wildman–Crippen LogP) is 1.92. The topological polar surface area (TPSA) is 72.0 Å². The van der Waals surface area contributed by atoms with Gasteiger partial charge in [-0.05, 0) is 24.6 Å². The van der Waals surface area contributed by atoms with Crippen molar-refractivity contribution in [2.75, 3.05) is 0 Å². The Morgan fingerprint density at radius 2 is 2.05 bits per heavy atom. The van der Waals surface area contributed by atoms with Crippen LogP contribution >= 0.6 is 11.6 Å². The van der Waals surface area contributed by atoms with E-state index >= 15 is 0 Å². The van der Waals surface area contributed by atoms with Crippen LogP contribution in [-0.4, -0.2) is 18.4 Å². The Bertz CT molecular complexity index is 672. The summed E-state index contributed by atoms with van der Waals surface area (Å²) >= 11 is 5.84. The highest BCUT2D eigenvalue weighted by atomic mass is 35.5. The molecule has 0 unspecified atom stereocenters. The molecule has 0 aliphatic rings. The number of aryl methyl sites for hydroxylation is 1. The Labute approximate surface area is 116 Å². The Balaban J connectivity index is 2.14. The summed E-state index contributed by atoms with van der Waals surface area (Å²) in [4.78, 5) is 7.83. The molecule has 0 radical (unpaired) electrons. The molecule has 0 saturated carbocycles. The summed E-state index contributed by atoms with van der Waals surface area (Å²) in [7, 11) is -3.67. The average Bonchev–Trinajstić information content (AvgIpc) is 2.38. The first-order chi connectivity index (χ1) is 8.99. The summed E-state index contributed by atoms with van der Waals surface area (Å²) in [6, 6.07) is 5.07. The van der Waals surface area contributed by atoms with E-state index in [2.05, 4.69) is 14.7 Å². The second-order valence-corrected chi connectivity index (χ2v) is 6.08. The maximum absolute atomic E-state index is 12.0.